The summed E-state index contributed by atoms with van der Waals surface area (Å²) in [6.45, 7) is 0. The Balaban J connectivity index is 3.25. The number of anilines is 3. The standard InChI is InChI=1S/C5H8N4/c6-3-1-2-9-5(8)4(3)7/h1-2H,7H2,(H4,6,8,9). The van der Waals surface area contributed by atoms with E-state index in [9.17, 15) is 0 Å². The van der Waals surface area contributed by atoms with Gasteiger partial charge in [0.25, 0.3) is 0 Å². The lowest BCUT2D eigenvalue weighted by molar-refractivity contribution is 1.34. The molecular weight excluding hydrogens is 116 g/mol. The van der Waals surface area contributed by atoms with Gasteiger partial charge in [0.1, 0.15) is 5.82 Å². The summed E-state index contributed by atoms with van der Waals surface area (Å²) in [6.07, 6.45) is 1.51. The lowest BCUT2D eigenvalue weighted by Gasteiger charge is -1.99. The SMILES string of the molecule is Nc1ccnc(N)c1N. The maximum atomic E-state index is 5.38. The van der Waals surface area contributed by atoms with Gasteiger partial charge in [0, 0.05) is 6.20 Å². The third kappa shape index (κ3) is 0.861. The number of pyridine rings is 1. The monoisotopic (exact) mass is 124 g/mol. The summed E-state index contributed by atoms with van der Waals surface area (Å²) in [5.41, 5.74) is 16.9. The summed E-state index contributed by atoms with van der Waals surface area (Å²) in [6, 6.07) is 1.60. The van der Waals surface area contributed by atoms with Gasteiger partial charge >= 0.3 is 0 Å². The average Bonchev–Trinajstić information content (AvgIpc) is 1.83. The van der Waals surface area contributed by atoms with Crippen molar-refractivity contribution < 1.29 is 0 Å². The number of hydrogen-bond donors (Lipinski definition) is 3. The summed E-state index contributed by atoms with van der Waals surface area (Å²) < 4.78 is 0. The molecule has 0 amide bonds. The van der Waals surface area contributed by atoms with Crippen LogP contribution in [0.1, 0.15) is 0 Å². The largest absolute Gasteiger partial charge is 0.397 e. The molecule has 1 rings (SSSR count). The fourth-order valence-corrected chi connectivity index (χ4v) is 0.505. The molecule has 0 unspecified atom stereocenters. The second-order valence-corrected chi connectivity index (χ2v) is 1.70. The van der Waals surface area contributed by atoms with Gasteiger partial charge in [-0.25, -0.2) is 4.98 Å². The normalized spacial score (nSPS) is 9.33. The first-order valence-electron chi connectivity index (χ1n) is 2.47. The third-order valence-corrected chi connectivity index (χ3v) is 1.05. The number of rotatable bonds is 0. The van der Waals surface area contributed by atoms with Gasteiger partial charge in [0.2, 0.25) is 0 Å². The van der Waals surface area contributed by atoms with Crippen molar-refractivity contribution in [1.29, 1.82) is 0 Å². The molecule has 0 atom stereocenters. The zero-order chi connectivity index (χ0) is 6.85. The Labute approximate surface area is 52.7 Å². The zero-order valence-corrected chi connectivity index (χ0v) is 4.83. The summed E-state index contributed by atoms with van der Waals surface area (Å²) in [5, 5.41) is 0. The fraction of sp³-hybridized carbons (Fsp3) is 0. The molecule has 0 fully saturated rings. The van der Waals surface area contributed by atoms with E-state index in [0.29, 0.717) is 11.4 Å². The van der Waals surface area contributed by atoms with Crippen molar-refractivity contribution in [3.8, 4) is 0 Å². The Morgan fingerprint density at radius 2 is 1.89 bits per heavy atom. The van der Waals surface area contributed by atoms with Crippen LogP contribution >= 0.6 is 0 Å². The van der Waals surface area contributed by atoms with E-state index in [1.54, 1.807) is 6.07 Å². The molecule has 0 saturated heterocycles. The molecule has 6 N–H and O–H groups in total. The molecule has 1 aromatic heterocycles. The fourth-order valence-electron chi connectivity index (χ4n) is 0.505. The van der Waals surface area contributed by atoms with Gasteiger partial charge in [-0.2, -0.15) is 0 Å². The molecule has 9 heavy (non-hydrogen) atoms. The van der Waals surface area contributed by atoms with E-state index in [4.69, 9.17) is 17.2 Å². The van der Waals surface area contributed by atoms with Gasteiger partial charge in [-0.15, -0.1) is 0 Å². The number of nitrogen functional groups attached to an aromatic ring is 3. The van der Waals surface area contributed by atoms with E-state index in [1.165, 1.54) is 6.20 Å². The quantitative estimate of drug-likeness (QED) is 0.447. The predicted octanol–water partition coefficient (Wildman–Crippen LogP) is -0.172. The molecule has 0 aliphatic heterocycles. The Bertz CT molecular complexity index is 200. The second-order valence-electron chi connectivity index (χ2n) is 1.70. The van der Waals surface area contributed by atoms with E-state index in [-0.39, 0.29) is 5.82 Å². The minimum absolute atomic E-state index is 0.287. The van der Waals surface area contributed by atoms with E-state index in [1.807, 2.05) is 0 Å². The predicted molar refractivity (Wildman–Crippen MR) is 37.5 cm³/mol. The van der Waals surface area contributed by atoms with Crippen LogP contribution in [0.5, 0.6) is 0 Å². The number of hydrogen-bond acceptors (Lipinski definition) is 4. The lowest BCUT2D eigenvalue weighted by Crippen LogP contribution is -2.01. The highest BCUT2D eigenvalue weighted by Gasteiger charge is 1.96. The Morgan fingerprint density at radius 1 is 1.22 bits per heavy atom. The molecule has 0 saturated carbocycles. The Hall–Kier alpha value is -1.45. The molecule has 1 aromatic rings. The van der Waals surface area contributed by atoms with Crippen LogP contribution in [0.4, 0.5) is 17.2 Å². The average molecular weight is 124 g/mol. The van der Waals surface area contributed by atoms with Crippen LogP contribution in [-0.2, 0) is 0 Å². The van der Waals surface area contributed by atoms with E-state index < -0.39 is 0 Å². The second kappa shape index (κ2) is 1.81. The van der Waals surface area contributed by atoms with Crippen LogP contribution in [-0.4, -0.2) is 4.98 Å². The molecule has 1 heterocycles. The van der Waals surface area contributed by atoms with Crippen molar-refractivity contribution in [3.05, 3.63) is 12.3 Å². The van der Waals surface area contributed by atoms with Crippen LogP contribution in [0.2, 0.25) is 0 Å². The minimum atomic E-state index is 0.287. The van der Waals surface area contributed by atoms with Crippen LogP contribution < -0.4 is 17.2 Å². The first kappa shape index (κ1) is 5.68. The third-order valence-electron chi connectivity index (χ3n) is 1.05. The summed E-state index contributed by atoms with van der Waals surface area (Å²) in [4.78, 5) is 3.71. The maximum absolute atomic E-state index is 5.38. The van der Waals surface area contributed by atoms with Crippen LogP contribution in [0.15, 0.2) is 12.3 Å². The van der Waals surface area contributed by atoms with Crippen LogP contribution in [0.25, 0.3) is 0 Å². The van der Waals surface area contributed by atoms with Crippen molar-refractivity contribution in [3.63, 3.8) is 0 Å². The zero-order valence-electron chi connectivity index (χ0n) is 4.83. The van der Waals surface area contributed by atoms with E-state index in [2.05, 4.69) is 4.98 Å². The van der Waals surface area contributed by atoms with Crippen LogP contribution in [0.3, 0.4) is 0 Å². The first-order valence-corrected chi connectivity index (χ1v) is 2.47. The van der Waals surface area contributed by atoms with Crippen molar-refractivity contribution in [1.82, 2.24) is 4.98 Å². The maximum Gasteiger partial charge on any atom is 0.148 e. The highest BCUT2D eigenvalue weighted by Crippen LogP contribution is 2.17. The number of nitrogens with two attached hydrogens (primary N) is 3. The van der Waals surface area contributed by atoms with Crippen molar-refractivity contribution in [2.75, 3.05) is 17.2 Å². The van der Waals surface area contributed by atoms with Gasteiger partial charge in [-0.1, -0.05) is 0 Å². The molecule has 4 nitrogen and oxygen atoms in total. The van der Waals surface area contributed by atoms with E-state index >= 15 is 0 Å². The molecule has 0 aromatic carbocycles. The summed E-state index contributed by atoms with van der Waals surface area (Å²) in [5.74, 6) is 0.287. The van der Waals surface area contributed by atoms with Gasteiger partial charge in [-0.3, -0.25) is 0 Å². The number of nitrogens with zero attached hydrogens (tertiary/aromatic N) is 1. The molecule has 0 bridgehead atoms. The summed E-state index contributed by atoms with van der Waals surface area (Å²) >= 11 is 0. The Morgan fingerprint density at radius 3 is 2.33 bits per heavy atom. The smallest absolute Gasteiger partial charge is 0.148 e. The van der Waals surface area contributed by atoms with Crippen molar-refractivity contribution in [2.24, 2.45) is 0 Å². The molecule has 48 valence electrons. The summed E-state index contributed by atoms with van der Waals surface area (Å²) in [7, 11) is 0. The van der Waals surface area contributed by atoms with Crippen molar-refractivity contribution in [2.45, 2.75) is 0 Å². The first-order chi connectivity index (χ1) is 4.22. The topological polar surface area (TPSA) is 90.9 Å². The van der Waals surface area contributed by atoms with E-state index in [0.717, 1.165) is 0 Å². The Kier molecular flexibility index (Phi) is 1.14. The van der Waals surface area contributed by atoms with Gasteiger partial charge in [0.15, 0.2) is 0 Å². The minimum Gasteiger partial charge on any atom is -0.397 e. The molecule has 0 spiro atoms. The van der Waals surface area contributed by atoms with Crippen molar-refractivity contribution >= 4 is 17.2 Å². The molecule has 4 heteroatoms. The molecule has 0 aliphatic rings. The van der Waals surface area contributed by atoms with Crippen LogP contribution in [0, 0.1) is 0 Å². The lowest BCUT2D eigenvalue weighted by atomic mass is 10.3. The van der Waals surface area contributed by atoms with Gasteiger partial charge in [-0.05, 0) is 6.07 Å². The molecular formula is C5H8N4. The van der Waals surface area contributed by atoms with Gasteiger partial charge < -0.3 is 17.2 Å². The number of aromatic nitrogens is 1. The molecule has 0 aliphatic carbocycles. The van der Waals surface area contributed by atoms with Gasteiger partial charge in [0.05, 0.1) is 11.4 Å². The molecule has 0 radical (unpaired) electrons. The highest BCUT2D eigenvalue weighted by atomic mass is 14.9. The highest BCUT2D eigenvalue weighted by molar-refractivity contribution is 5.73.